The van der Waals surface area contributed by atoms with Crippen LogP contribution < -0.4 is 10.6 Å². The standard InChI is InChI=1S/C17H12Cl2F3N3OS/c1-24-16(26)25-10-6-13(18)15(14(19)7-10)12(8-23)9-2-4-11(5-3-9)27-17(20,21)22/h2-7,12H,1H3,(H2,24,25,26). The fourth-order valence-electron chi connectivity index (χ4n) is 2.29. The van der Waals surface area contributed by atoms with Crippen LogP contribution in [-0.4, -0.2) is 18.6 Å². The zero-order valence-electron chi connectivity index (χ0n) is 13.7. The number of nitrogens with zero attached hydrogens (tertiary/aromatic N) is 1. The number of thioether (sulfide) groups is 1. The maximum Gasteiger partial charge on any atom is 0.446 e. The third kappa shape index (κ3) is 5.70. The number of carbonyl (C=O) groups is 1. The van der Waals surface area contributed by atoms with Crippen LogP contribution in [0, 0.1) is 11.3 Å². The Morgan fingerprint density at radius 2 is 1.74 bits per heavy atom. The highest BCUT2D eigenvalue weighted by Gasteiger charge is 2.29. The molecule has 0 saturated carbocycles. The van der Waals surface area contributed by atoms with Crippen molar-refractivity contribution in [2.75, 3.05) is 12.4 Å². The van der Waals surface area contributed by atoms with Crippen LogP contribution in [0.25, 0.3) is 0 Å². The van der Waals surface area contributed by atoms with Crippen LogP contribution in [0.4, 0.5) is 23.7 Å². The van der Waals surface area contributed by atoms with E-state index in [0.717, 1.165) is 0 Å². The van der Waals surface area contributed by atoms with E-state index in [0.29, 0.717) is 16.8 Å². The van der Waals surface area contributed by atoms with Gasteiger partial charge in [0.05, 0.1) is 12.0 Å². The van der Waals surface area contributed by atoms with Gasteiger partial charge in [0.25, 0.3) is 0 Å². The van der Waals surface area contributed by atoms with Gasteiger partial charge in [-0.05, 0) is 41.6 Å². The van der Waals surface area contributed by atoms with Gasteiger partial charge in [-0.25, -0.2) is 4.79 Å². The van der Waals surface area contributed by atoms with Gasteiger partial charge in [-0.2, -0.15) is 18.4 Å². The van der Waals surface area contributed by atoms with Crippen LogP contribution in [0.15, 0.2) is 41.3 Å². The Balaban J connectivity index is 2.35. The van der Waals surface area contributed by atoms with Crippen LogP contribution in [0.3, 0.4) is 0 Å². The minimum atomic E-state index is -4.39. The zero-order valence-corrected chi connectivity index (χ0v) is 16.0. The average Bonchev–Trinajstić information content (AvgIpc) is 2.57. The third-order valence-electron chi connectivity index (χ3n) is 3.43. The lowest BCUT2D eigenvalue weighted by Gasteiger charge is -2.16. The first-order valence-electron chi connectivity index (χ1n) is 7.37. The van der Waals surface area contributed by atoms with E-state index in [-0.39, 0.29) is 26.7 Å². The molecule has 10 heteroatoms. The number of anilines is 1. The number of hydrogen-bond acceptors (Lipinski definition) is 3. The molecule has 0 aliphatic rings. The van der Waals surface area contributed by atoms with E-state index < -0.39 is 17.5 Å². The summed E-state index contributed by atoms with van der Waals surface area (Å²) in [7, 11) is 1.44. The van der Waals surface area contributed by atoms with Crippen molar-refractivity contribution in [1.82, 2.24) is 5.32 Å². The number of nitrogens with one attached hydrogen (secondary N) is 2. The summed E-state index contributed by atoms with van der Waals surface area (Å²) in [6.07, 6.45) is 0. The molecular weight excluding hydrogens is 422 g/mol. The Labute approximate surface area is 167 Å². The molecule has 2 aromatic rings. The van der Waals surface area contributed by atoms with E-state index in [4.69, 9.17) is 23.2 Å². The van der Waals surface area contributed by atoms with Gasteiger partial charge >= 0.3 is 11.5 Å². The van der Waals surface area contributed by atoms with E-state index in [2.05, 4.69) is 16.7 Å². The second kappa shape index (κ2) is 8.74. The van der Waals surface area contributed by atoms with Crippen LogP contribution in [-0.2, 0) is 0 Å². The van der Waals surface area contributed by atoms with Crippen molar-refractivity contribution in [3.05, 3.63) is 57.6 Å². The number of alkyl halides is 3. The Morgan fingerprint density at radius 3 is 2.19 bits per heavy atom. The first kappa shape index (κ1) is 21.2. The minimum Gasteiger partial charge on any atom is -0.341 e. The topological polar surface area (TPSA) is 64.9 Å². The summed E-state index contributed by atoms with van der Waals surface area (Å²) in [4.78, 5) is 11.4. The Morgan fingerprint density at radius 1 is 1.19 bits per heavy atom. The van der Waals surface area contributed by atoms with Gasteiger partial charge in [0, 0.05) is 33.2 Å². The van der Waals surface area contributed by atoms with E-state index in [1.54, 1.807) is 0 Å². The van der Waals surface area contributed by atoms with Crippen molar-refractivity contribution < 1.29 is 18.0 Å². The van der Waals surface area contributed by atoms with Gasteiger partial charge in [-0.1, -0.05) is 35.3 Å². The highest BCUT2D eigenvalue weighted by molar-refractivity contribution is 8.00. The molecule has 0 saturated heterocycles. The highest BCUT2D eigenvalue weighted by Crippen LogP contribution is 2.40. The predicted molar refractivity (Wildman–Crippen MR) is 100 cm³/mol. The molecule has 1 atom stereocenters. The molecule has 0 bridgehead atoms. The van der Waals surface area contributed by atoms with Crippen LogP contribution in [0.1, 0.15) is 17.0 Å². The lowest BCUT2D eigenvalue weighted by molar-refractivity contribution is -0.0328. The van der Waals surface area contributed by atoms with E-state index in [1.807, 2.05) is 0 Å². The molecular formula is C17H12Cl2F3N3OS. The molecule has 0 fully saturated rings. The number of halogens is 5. The SMILES string of the molecule is CNC(=O)Nc1cc(Cl)c(C(C#N)c2ccc(SC(F)(F)F)cc2)c(Cl)c1. The largest absolute Gasteiger partial charge is 0.446 e. The van der Waals surface area contributed by atoms with Gasteiger partial charge in [0.1, 0.15) is 0 Å². The molecule has 0 aliphatic carbocycles. The first-order chi connectivity index (χ1) is 12.6. The molecule has 2 amide bonds. The summed E-state index contributed by atoms with van der Waals surface area (Å²) in [6, 6.07) is 9.87. The van der Waals surface area contributed by atoms with Gasteiger partial charge in [0.15, 0.2) is 0 Å². The molecule has 1 unspecified atom stereocenters. The monoisotopic (exact) mass is 433 g/mol. The molecule has 2 N–H and O–H groups in total. The summed E-state index contributed by atoms with van der Waals surface area (Å²) in [6.45, 7) is 0. The van der Waals surface area contributed by atoms with E-state index in [9.17, 15) is 23.2 Å². The van der Waals surface area contributed by atoms with Crippen molar-refractivity contribution in [2.45, 2.75) is 16.3 Å². The molecule has 0 heterocycles. The fourth-order valence-corrected chi connectivity index (χ4v) is 3.54. The summed E-state index contributed by atoms with van der Waals surface area (Å²) in [5, 5.41) is 14.7. The first-order valence-corrected chi connectivity index (χ1v) is 8.95. The smallest absolute Gasteiger partial charge is 0.341 e. The zero-order chi connectivity index (χ0) is 20.2. The number of nitriles is 1. The third-order valence-corrected chi connectivity index (χ3v) is 4.79. The van der Waals surface area contributed by atoms with Crippen LogP contribution in [0.5, 0.6) is 0 Å². The maximum atomic E-state index is 12.4. The fraction of sp³-hybridized carbons (Fsp3) is 0.176. The molecule has 2 rings (SSSR count). The van der Waals surface area contributed by atoms with Crippen molar-refractivity contribution in [3.8, 4) is 6.07 Å². The summed E-state index contributed by atoms with van der Waals surface area (Å²) in [5.41, 5.74) is -3.31. The predicted octanol–water partition coefficient (Wildman–Crippen LogP) is 6.01. The number of urea groups is 1. The summed E-state index contributed by atoms with van der Waals surface area (Å²) in [5.74, 6) is -0.885. The second-order valence-corrected chi connectivity index (χ2v) is 7.19. The van der Waals surface area contributed by atoms with Crippen molar-refractivity contribution in [3.63, 3.8) is 0 Å². The molecule has 0 spiro atoms. The normalized spacial score (nSPS) is 12.2. The van der Waals surface area contributed by atoms with Gasteiger partial charge < -0.3 is 10.6 Å². The Kier molecular flexibility index (Phi) is 6.87. The Bertz CT molecular complexity index is 859. The van der Waals surface area contributed by atoms with Crippen molar-refractivity contribution in [2.24, 2.45) is 0 Å². The molecule has 0 aliphatic heterocycles. The molecule has 142 valence electrons. The lowest BCUT2D eigenvalue weighted by Crippen LogP contribution is -2.24. The average molecular weight is 434 g/mol. The van der Waals surface area contributed by atoms with Gasteiger partial charge in [-0.15, -0.1) is 0 Å². The van der Waals surface area contributed by atoms with Crippen LogP contribution in [0.2, 0.25) is 10.0 Å². The molecule has 0 radical (unpaired) electrons. The van der Waals surface area contributed by atoms with Crippen LogP contribution >= 0.6 is 35.0 Å². The van der Waals surface area contributed by atoms with E-state index in [1.165, 1.54) is 43.4 Å². The summed E-state index contributed by atoms with van der Waals surface area (Å²) < 4.78 is 37.3. The number of rotatable bonds is 4. The number of amides is 2. The number of carbonyl (C=O) groups excluding carboxylic acids is 1. The minimum absolute atomic E-state index is 0.00487. The lowest BCUT2D eigenvalue weighted by atomic mass is 9.92. The highest BCUT2D eigenvalue weighted by atomic mass is 35.5. The van der Waals surface area contributed by atoms with Gasteiger partial charge in [-0.3, -0.25) is 0 Å². The summed E-state index contributed by atoms with van der Waals surface area (Å²) >= 11 is 12.2. The second-order valence-electron chi connectivity index (χ2n) is 5.24. The van der Waals surface area contributed by atoms with Crippen molar-refractivity contribution >= 4 is 46.7 Å². The van der Waals surface area contributed by atoms with E-state index >= 15 is 0 Å². The molecule has 4 nitrogen and oxygen atoms in total. The molecule has 27 heavy (non-hydrogen) atoms. The molecule has 0 aromatic heterocycles. The quantitative estimate of drug-likeness (QED) is 0.579. The number of benzene rings is 2. The van der Waals surface area contributed by atoms with Gasteiger partial charge in [0.2, 0.25) is 0 Å². The Hall–Kier alpha value is -2.08. The maximum absolute atomic E-state index is 12.4. The number of hydrogen-bond donors (Lipinski definition) is 2. The molecule has 2 aromatic carbocycles. The van der Waals surface area contributed by atoms with Crippen molar-refractivity contribution in [1.29, 1.82) is 5.26 Å².